The fraction of sp³-hybridized carbons (Fsp3) is 0.861. The molecule has 0 radical (unpaired) electrons. The van der Waals surface area contributed by atoms with Crippen LogP contribution in [0.25, 0.3) is 0 Å². The molecule has 6 nitrogen and oxygen atoms in total. The van der Waals surface area contributed by atoms with Crippen molar-refractivity contribution < 1.29 is 24.5 Å². The minimum absolute atomic E-state index is 0.00777. The molecule has 2 atom stereocenters. The van der Waals surface area contributed by atoms with E-state index in [0.29, 0.717) is 19.4 Å². The van der Waals surface area contributed by atoms with E-state index in [4.69, 9.17) is 4.74 Å². The van der Waals surface area contributed by atoms with Gasteiger partial charge in [-0.05, 0) is 89.9 Å². The predicted octanol–water partition coefficient (Wildman–Crippen LogP) is 22.5. The van der Waals surface area contributed by atoms with Gasteiger partial charge in [0.2, 0.25) is 5.91 Å². The molecule has 0 fully saturated rings. The second kappa shape index (κ2) is 67.3. The minimum atomic E-state index is -0.845. The molecule has 0 aromatic heterocycles. The number of nitrogens with one attached hydrogen (secondary N) is 1. The van der Waals surface area contributed by atoms with Crippen molar-refractivity contribution in [3.8, 4) is 0 Å². The average molecular weight is 1090 g/mol. The molecule has 2 unspecified atom stereocenters. The summed E-state index contributed by atoms with van der Waals surface area (Å²) < 4.78 is 5.50. The summed E-state index contributed by atoms with van der Waals surface area (Å²) >= 11 is 0. The van der Waals surface area contributed by atoms with E-state index < -0.39 is 12.1 Å². The summed E-state index contributed by atoms with van der Waals surface area (Å²) in [4.78, 5) is 24.6. The van der Waals surface area contributed by atoms with E-state index in [1.165, 1.54) is 295 Å². The SMILES string of the molecule is CCCCC/C=C\C/C=C\CCCCCCCCCC(=O)OCCCCCCCCCCCCCC/C=C\CCCCCCCCCCCCCCC(=O)NC(CO)C(O)/C=C/CCCCCCCCCCCCCCCC. The Morgan fingerprint density at radius 3 is 1.01 bits per heavy atom. The quantitative estimate of drug-likeness (QED) is 0.0320. The van der Waals surface area contributed by atoms with Gasteiger partial charge in [0, 0.05) is 12.8 Å². The predicted molar refractivity (Wildman–Crippen MR) is 342 cm³/mol. The monoisotopic (exact) mass is 1090 g/mol. The standard InChI is InChI=1S/C72H135NO5/c1-3-5-7-9-11-13-15-17-19-33-38-42-46-50-54-58-62-66-72(77)78-67-63-59-55-51-47-43-39-35-32-30-28-26-24-22-21-23-25-27-29-31-34-37-41-45-49-53-57-61-65-71(76)73-69(68-74)70(75)64-60-56-52-48-44-40-36-20-18-16-14-12-10-8-6-4-2/h11,13,17,19,21-22,60,64,69-70,74-75H,3-10,12,14-16,18,20,23-59,61-63,65-68H2,1-2H3,(H,73,76)/b13-11-,19-17-,22-21-,64-60+. The Morgan fingerprint density at radius 2 is 0.641 bits per heavy atom. The highest BCUT2D eigenvalue weighted by Crippen LogP contribution is 2.18. The van der Waals surface area contributed by atoms with E-state index in [9.17, 15) is 19.8 Å². The number of hydrogen-bond donors (Lipinski definition) is 3. The first-order valence-corrected chi connectivity index (χ1v) is 34.9. The molecular weight excluding hydrogens is 959 g/mol. The first kappa shape index (κ1) is 75.8. The highest BCUT2D eigenvalue weighted by atomic mass is 16.5. The van der Waals surface area contributed by atoms with Crippen molar-refractivity contribution in [3.05, 3.63) is 48.6 Å². The van der Waals surface area contributed by atoms with Crippen LogP contribution in [0.2, 0.25) is 0 Å². The molecule has 0 heterocycles. The molecule has 0 aromatic carbocycles. The van der Waals surface area contributed by atoms with Crippen LogP contribution in [-0.2, 0) is 14.3 Å². The van der Waals surface area contributed by atoms with E-state index in [0.717, 1.165) is 51.4 Å². The Bertz CT molecular complexity index is 1310. The zero-order valence-electron chi connectivity index (χ0n) is 52.4. The molecule has 0 aliphatic carbocycles. The highest BCUT2D eigenvalue weighted by Gasteiger charge is 2.18. The average Bonchev–Trinajstić information content (AvgIpc) is 3.44. The number of aliphatic hydroxyl groups excluding tert-OH is 2. The van der Waals surface area contributed by atoms with E-state index in [-0.39, 0.29) is 18.5 Å². The Kier molecular flexibility index (Phi) is 65.4. The fourth-order valence-corrected chi connectivity index (χ4v) is 10.7. The van der Waals surface area contributed by atoms with Crippen molar-refractivity contribution in [2.24, 2.45) is 0 Å². The van der Waals surface area contributed by atoms with E-state index in [2.05, 4.69) is 55.6 Å². The molecule has 0 saturated heterocycles. The van der Waals surface area contributed by atoms with Gasteiger partial charge in [-0.1, -0.05) is 319 Å². The van der Waals surface area contributed by atoms with Crippen LogP contribution >= 0.6 is 0 Å². The van der Waals surface area contributed by atoms with Gasteiger partial charge in [-0.2, -0.15) is 0 Å². The summed E-state index contributed by atoms with van der Waals surface area (Å²) in [5, 5.41) is 23.2. The van der Waals surface area contributed by atoms with Crippen LogP contribution in [0.3, 0.4) is 0 Å². The summed E-state index contributed by atoms with van der Waals surface area (Å²) in [5.74, 6) is -0.0583. The fourth-order valence-electron chi connectivity index (χ4n) is 10.7. The van der Waals surface area contributed by atoms with Crippen molar-refractivity contribution in [3.63, 3.8) is 0 Å². The molecular formula is C72H135NO5. The van der Waals surface area contributed by atoms with Crippen LogP contribution < -0.4 is 5.32 Å². The van der Waals surface area contributed by atoms with Crippen molar-refractivity contribution >= 4 is 11.9 Å². The summed E-state index contributed by atoms with van der Waals surface area (Å²) in [7, 11) is 0. The van der Waals surface area contributed by atoms with Crippen LogP contribution in [0, 0.1) is 0 Å². The number of carbonyl (C=O) groups is 2. The number of esters is 1. The Morgan fingerprint density at radius 1 is 0.359 bits per heavy atom. The molecule has 458 valence electrons. The molecule has 0 aliphatic heterocycles. The van der Waals surface area contributed by atoms with Crippen molar-refractivity contribution in [2.45, 2.75) is 386 Å². The van der Waals surface area contributed by atoms with Crippen LogP contribution in [-0.4, -0.2) is 47.4 Å². The summed E-state index contributed by atoms with van der Waals surface area (Å²) in [6.45, 7) is 4.90. The number of ether oxygens (including phenoxy) is 1. The number of carbonyl (C=O) groups excluding carboxylic acids is 2. The molecule has 0 rings (SSSR count). The number of hydrogen-bond acceptors (Lipinski definition) is 5. The lowest BCUT2D eigenvalue weighted by atomic mass is 10.0. The number of unbranched alkanes of at least 4 members (excludes halogenated alkanes) is 48. The van der Waals surface area contributed by atoms with Crippen LogP contribution in [0.1, 0.15) is 373 Å². The van der Waals surface area contributed by atoms with Gasteiger partial charge in [0.05, 0.1) is 25.4 Å². The van der Waals surface area contributed by atoms with Gasteiger partial charge in [-0.3, -0.25) is 9.59 Å². The number of amides is 1. The lowest BCUT2D eigenvalue weighted by molar-refractivity contribution is -0.143. The summed E-state index contributed by atoms with van der Waals surface area (Å²) in [5.41, 5.74) is 0. The topological polar surface area (TPSA) is 95.9 Å². The molecule has 6 heteroatoms. The third kappa shape index (κ3) is 63.0. The summed E-state index contributed by atoms with van der Waals surface area (Å²) in [6.07, 6.45) is 87.5. The maximum atomic E-state index is 12.5. The van der Waals surface area contributed by atoms with E-state index in [1.807, 2.05) is 6.08 Å². The first-order chi connectivity index (χ1) is 38.5. The Balaban J connectivity index is 3.39. The molecule has 1 amide bonds. The third-order valence-electron chi connectivity index (χ3n) is 16.1. The van der Waals surface area contributed by atoms with Crippen LogP contribution in [0.4, 0.5) is 0 Å². The van der Waals surface area contributed by atoms with Gasteiger partial charge in [0.1, 0.15) is 0 Å². The Hall–Kier alpha value is -2.18. The van der Waals surface area contributed by atoms with Gasteiger partial charge in [-0.25, -0.2) is 0 Å². The molecule has 0 spiro atoms. The van der Waals surface area contributed by atoms with Gasteiger partial charge in [-0.15, -0.1) is 0 Å². The third-order valence-corrected chi connectivity index (χ3v) is 16.1. The number of aliphatic hydroxyl groups is 2. The van der Waals surface area contributed by atoms with Crippen molar-refractivity contribution in [1.29, 1.82) is 0 Å². The van der Waals surface area contributed by atoms with E-state index in [1.54, 1.807) is 6.08 Å². The molecule has 3 N–H and O–H groups in total. The smallest absolute Gasteiger partial charge is 0.305 e. The van der Waals surface area contributed by atoms with Crippen molar-refractivity contribution in [2.75, 3.05) is 13.2 Å². The van der Waals surface area contributed by atoms with Gasteiger partial charge < -0.3 is 20.3 Å². The largest absolute Gasteiger partial charge is 0.466 e. The zero-order chi connectivity index (χ0) is 56.4. The lowest BCUT2D eigenvalue weighted by Crippen LogP contribution is -2.45. The second-order valence-electron chi connectivity index (χ2n) is 23.9. The van der Waals surface area contributed by atoms with Gasteiger partial charge in [0.25, 0.3) is 0 Å². The molecule has 78 heavy (non-hydrogen) atoms. The Labute approximate surface area is 486 Å². The van der Waals surface area contributed by atoms with Crippen molar-refractivity contribution in [1.82, 2.24) is 5.32 Å². The maximum absolute atomic E-state index is 12.5. The molecule has 0 aromatic rings. The highest BCUT2D eigenvalue weighted by molar-refractivity contribution is 5.76. The minimum Gasteiger partial charge on any atom is -0.466 e. The molecule has 0 bridgehead atoms. The van der Waals surface area contributed by atoms with Gasteiger partial charge in [0.15, 0.2) is 0 Å². The number of allylic oxidation sites excluding steroid dienone is 7. The second-order valence-corrected chi connectivity index (χ2v) is 23.9. The van der Waals surface area contributed by atoms with Gasteiger partial charge >= 0.3 is 5.97 Å². The lowest BCUT2D eigenvalue weighted by Gasteiger charge is -2.20. The maximum Gasteiger partial charge on any atom is 0.305 e. The normalized spacial score (nSPS) is 12.8. The zero-order valence-corrected chi connectivity index (χ0v) is 52.4. The van der Waals surface area contributed by atoms with E-state index >= 15 is 0 Å². The molecule has 0 saturated carbocycles. The van der Waals surface area contributed by atoms with Crippen LogP contribution in [0.5, 0.6) is 0 Å². The van der Waals surface area contributed by atoms with Crippen LogP contribution in [0.15, 0.2) is 48.6 Å². The number of rotatable bonds is 65. The first-order valence-electron chi connectivity index (χ1n) is 34.9. The molecule has 0 aliphatic rings. The summed E-state index contributed by atoms with van der Waals surface area (Å²) in [6, 6.07) is -0.628.